The minimum absolute atomic E-state index is 0. The summed E-state index contributed by atoms with van der Waals surface area (Å²) in [7, 11) is 0. The van der Waals surface area contributed by atoms with Crippen molar-refractivity contribution in [2.75, 3.05) is 43.0 Å². The van der Waals surface area contributed by atoms with E-state index in [1.165, 1.54) is 24.2 Å². The van der Waals surface area contributed by atoms with Crippen molar-refractivity contribution >= 4 is 53.9 Å². The van der Waals surface area contributed by atoms with E-state index in [2.05, 4.69) is 29.0 Å². The van der Waals surface area contributed by atoms with Gasteiger partial charge in [0.1, 0.15) is 5.82 Å². The number of benzene rings is 1. The van der Waals surface area contributed by atoms with Crippen molar-refractivity contribution in [1.82, 2.24) is 14.9 Å². The third-order valence-electron chi connectivity index (χ3n) is 7.95. The quantitative estimate of drug-likeness (QED) is 0.478. The van der Waals surface area contributed by atoms with Crippen LogP contribution in [0, 0.1) is 11.3 Å². The summed E-state index contributed by atoms with van der Waals surface area (Å²) in [5.41, 5.74) is 3.72. The van der Waals surface area contributed by atoms with Gasteiger partial charge >= 0.3 is 0 Å². The number of nitrogens with one attached hydrogen (secondary N) is 1. The molecule has 9 heteroatoms. The first-order valence-corrected chi connectivity index (χ1v) is 13.3. The molecular formula is C27H40Cl3N5O. The molecule has 0 amide bonds. The average Bonchev–Trinajstić information content (AvgIpc) is 2.85. The lowest BCUT2D eigenvalue weighted by Gasteiger charge is -2.42. The van der Waals surface area contributed by atoms with Crippen LogP contribution in [0.4, 0.5) is 17.5 Å². The van der Waals surface area contributed by atoms with Crippen molar-refractivity contribution in [3.8, 4) is 0 Å². The Morgan fingerprint density at radius 1 is 1.06 bits per heavy atom. The molecular weight excluding hydrogens is 517 g/mol. The van der Waals surface area contributed by atoms with Crippen LogP contribution in [0.5, 0.6) is 0 Å². The van der Waals surface area contributed by atoms with Crippen LogP contribution in [0.2, 0.25) is 5.02 Å². The van der Waals surface area contributed by atoms with Crippen molar-refractivity contribution in [2.24, 2.45) is 11.3 Å². The Bertz CT molecular complexity index is 996. The van der Waals surface area contributed by atoms with Crippen LogP contribution in [0.25, 0.3) is 0 Å². The van der Waals surface area contributed by atoms with Gasteiger partial charge in [0.15, 0.2) is 0 Å². The van der Waals surface area contributed by atoms with Gasteiger partial charge in [0.25, 0.3) is 0 Å². The molecule has 36 heavy (non-hydrogen) atoms. The van der Waals surface area contributed by atoms with Crippen molar-refractivity contribution in [2.45, 2.75) is 64.8 Å². The second kappa shape index (κ2) is 12.5. The molecule has 3 heterocycles. The number of aromatic nitrogens is 2. The van der Waals surface area contributed by atoms with Crippen LogP contribution in [0.1, 0.15) is 57.2 Å². The monoisotopic (exact) mass is 555 g/mol. The number of rotatable bonds is 5. The van der Waals surface area contributed by atoms with Crippen LogP contribution in [-0.4, -0.2) is 58.8 Å². The molecule has 5 rings (SSSR count). The molecule has 1 aromatic heterocycles. The molecule has 6 nitrogen and oxygen atoms in total. The van der Waals surface area contributed by atoms with Gasteiger partial charge in [-0.3, -0.25) is 4.90 Å². The van der Waals surface area contributed by atoms with Gasteiger partial charge < -0.3 is 15.3 Å². The van der Waals surface area contributed by atoms with Crippen molar-refractivity contribution in [3.63, 3.8) is 0 Å². The first kappa shape index (κ1) is 29.2. The van der Waals surface area contributed by atoms with Crippen molar-refractivity contribution in [3.05, 3.63) is 40.5 Å². The molecule has 0 radical (unpaired) electrons. The molecule has 2 aliphatic heterocycles. The number of piperidine rings is 2. The number of hydrogen-bond donors (Lipinski definition) is 2. The minimum Gasteiger partial charge on any atom is -0.396 e. The molecule has 0 saturated carbocycles. The summed E-state index contributed by atoms with van der Waals surface area (Å²) in [6, 6.07) is 8.45. The predicted molar refractivity (Wildman–Crippen MR) is 154 cm³/mol. The Morgan fingerprint density at radius 2 is 1.78 bits per heavy atom. The van der Waals surface area contributed by atoms with E-state index in [-0.39, 0.29) is 30.2 Å². The third-order valence-corrected chi connectivity index (χ3v) is 8.21. The zero-order chi connectivity index (χ0) is 23.7. The fourth-order valence-electron chi connectivity index (χ4n) is 5.86. The number of likely N-dealkylation sites (tertiary alicyclic amines) is 1. The van der Waals surface area contributed by atoms with Gasteiger partial charge in [-0.05, 0) is 87.1 Å². The number of aryl methyl sites for hydroxylation is 1. The Morgan fingerprint density at radius 3 is 2.47 bits per heavy atom. The third kappa shape index (κ3) is 6.76. The molecule has 200 valence electrons. The number of nitrogens with zero attached hydrogens (tertiary/aromatic N) is 4. The standard InChI is InChI=1S/C27H38ClN5O.2ClH/c1-27(2)12-9-24-23(16-27)25(29-21-7-5-20(28)6-8-21)31-26(30-24)32-14-10-22(11-15-32)33-13-3-4-19(17-33)18-34;;/h5-8,19,22,34H,3-4,9-18H2,1-2H3,(H,29,30,31);2*1H. The Kier molecular flexibility index (Phi) is 10.1. The fourth-order valence-corrected chi connectivity index (χ4v) is 5.98. The van der Waals surface area contributed by atoms with Gasteiger partial charge in [0, 0.05) is 48.6 Å². The summed E-state index contributed by atoms with van der Waals surface area (Å²) in [6.07, 6.45) is 7.77. The molecule has 1 aromatic carbocycles. The van der Waals surface area contributed by atoms with Gasteiger partial charge in [-0.2, -0.15) is 4.98 Å². The van der Waals surface area contributed by atoms with Crippen molar-refractivity contribution in [1.29, 1.82) is 0 Å². The number of anilines is 3. The Balaban J connectivity index is 0.00000180. The summed E-state index contributed by atoms with van der Waals surface area (Å²) in [5, 5.41) is 13.9. The van der Waals surface area contributed by atoms with E-state index in [4.69, 9.17) is 21.6 Å². The highest BCUT2D eigenvalue weighted by atomic mass is 35.5. The van der Waals surface area contributed by atoms with Crippen molar-refractivity contribution < 1.29 is 5.11 Å². The lowest BCUT2D eigenvalue weighted by atomic mass is 9.76. The summed E-state index contributed by atoms with van der Waals surface area (Å²) in [6.45, 7) is 9.16. The maximum absolute atomic E-state index is 9.61. The molecule has 0 spiro atoms. The van der Waals surface area contributed by atoms with Gasteiger partial charge in [-0.15, -0.1) is 24.8 Å². The normalized spacial score (nSPS) is 22.2. The highest BCUT2D eigenvalue weighted by Crippen LogP contribution is 2.39. The first-order chi connectivity index (χ1) is 16.4. The maximum Gasteiger partial charge on any atom is 0.227 e. The first-order valence-electron chi connectivity index (χ1n) is 12.9. The number of aliphatic hydroxyl groups excluding tert-OH is 1. The molecule has 2 saturated heterocycles. The second-order valence-electron chi connectivity index (χ2n) is 11.2. The smallest absolute Gasteiger partial charge is 0.227 e. The van der Waals surface area contributed by atoms with Gasteiger partial charge in [0.2, 0.25) is 5.95 Å². The van der Waals surface area contributed by atoms with Gasteiger partial charge in [-0.25, -0.2) is 4.98 Å². The molecule has 2 fully saturated rings. The molecule has 2 N–H and O–H groups in total. The van der Waals surface area contributed by atoms with Gasteiger partial charge in [0.05, 0.1) is 5.69 Å². The van der Waals surface area contributed by atoms with Crippen LogP contribution >= 0.6 is 36.4 Å². The molecule has 3 aliphatic rings. The van der Waals surface area contributed by atoms with E-state index in [1.807, 2.05) is 24.3 Å². The summed E-state index contributed by atoms with van der Waals surface area (Å²) < 4.78 is 0. The zero-order valence-electron chi connectivity index (χ0n) is 21.4. The van der Waals surface area contributed by atoms with Crippen LogP contribution < -0.4 is 10.2 Å². The molecule has 1 aliphatic carbocycles. The largest absolute Gasteiger partial charge is 0.396 e. The fraction of sp³-hybridized carbons (Fsp3) is 0.630. The predicted octanol–water partition coefficient (Wildman–Crippen LogP) is 5.91. The van der Waals surface area contributed by atoms with E-state index in [9.17, 15) is 5.11 Å². The van der Waals surface area contributed by atoms with Crippen LogP contribution in [0.15, 0.2) is 24.3 Å². The van der Waals surface area contributed by atoms with E-state index in [0.717, 1.165) is 80.6 Å². The summed E-state index contributed by atoms with van der Waals surface area (Å²) in [4.78, 5) is 15.2. The molecule has 1 unspecified atom stereocenters. The lowest BCUT2D eigenvalue weighted by molar-refractivity contribution is 0.0776. The summed E-state index contributed by atoms with van der Waals surface area (Å²) in [5.74, 6) is 2.25. The van der Waals surface area contributed by atoms with Gasteiger partial charge in [-0.1, -0.05) is 25.4 Å². The van der Waals surface area contributed by atoms with E-state index in [0.29, 0.717) is 18.6 Å². The van der Waals surface area contributed by atoms with Crippen LogP contribution in [0.3, 0.4) is 0 Å². The minimum atomic E-state index is 0. The maximum atomic E-state index is 9.61. The van der Waals surface area contributed by atoms with E-state index >= 15 is 0 Å². The Labute approximate surface area is 233 Å². The Hall–Kier alpha value is -1.31. The number of aliphatic hydroxyl groups is 1. The molecule has 2 aromatic rings. The highest BCUT2D eigenvalue weighted by molar-refractivity contribution is 6.30. The SMILES string of the molecule is CC1(C)CCc2nc(N3CCC(N4CCCC(CO)C4)CC3)nc(Nc3ccc(Cl)cc3)c2C1.Cl.Cl. The molecule has 0 bridgehead atoms. The lowest BCUT2D eigenvalue weighted by Crippen LogP contribution is -2.49. The molecule has 1 atom stereocenters. The zero-order valence-corrected chi connectivity index (χ0v) is 23.8. The number of fused-ring (bicyclic) bond motifs is 1. The number of halogens is 3. The average molecular weight is 557 g/mol. The van der Waals surface area contributed by atoms with Crippen LogP contribution in [-0.2, 0) is 12.8 Å². The number of hydrogen-bond acceptors (Lipinski definition) is 6. The topological polar surface area (TPSA) is 64.5 Å². The van der Waals surface area contributed by atoms with E-state index in [1.54, 1.807) is 0 Å². The summed E-state index contributed by atoms with van der Waals surface area (Å²) >= 11 is 6.10. The highest BCUT2D eigenvalue weighted by Gasteiger charge is 2.32. The van der Waals surface area contributed by atoms with E-state index < -0.39 is 0 Å². The second-order valence-corrected chi connectivity index (χ2v) is 11.6.